The molecule has 1 amide bonds. The molecule has 1 N–H and O–H groups in total. The number of hydrogen-bond donors (Lipinski definition) is 1. The van der Waals surface area contributed by atoms with Gasteiger partial charge in [0.05, 0.1) is 19.1 Å². The van der Waals surface area contributed by atoms with Gasteiger partial charge in [0.25, 0.3) is 0 Å². The molecule has 1 saturated heterocycles. The van der Waals surface area contributed by atoms with E-state index < -0.39 is 24.5 Å². The summed E-state index contributed by atoms with van der Waals surface area (Å²) < 4.78 is 43.4. The van der Waals surface area contributed by atoms with Crippen molar-refractivity contribution < 1.29 is 22.7 Å². The van der Waals surface area contributed by atoms with Gasteiger partial charge in [-0.1, -0.05) is 13.8 Å². The third-order valence-electron chi connectivity index (χ3n) is 3.78. The lowest BCUT2D eigenvalue weighted by Crippen LogP contribution is -2.51. The number of alkyl halides is 3. The number of hydrogen-bond acceptors (Lipinski definition) is 3. The van der Waals surface area contributed by atoms with Crippen LogP contribution in [-0.4, -0.2) is 55.9 Å². The zero-order valence-electron chi connectivity index (χ0n) is 12.2. The van der Waals surface area contributed by atoms with E-state index in [0.29, 0.717) is 19.4 Å². The van der Waals surface area contributed by atoms with Gasteiger partial charge in [-0.05, 0) is 19.9 Å². The van der Waals surface area contributed by atoms with Gasteiger partial charge in [0.2, 0.25) is 5.91 Å². The van der Waals surface area contributed by atoms with E-state index in [4.69, 9.17) is 4.74 Å². The second kappa shape index (κ2) is 7.26. The Labute approximate surface area is 117 Å². The van der Waals surface area contributed by atoms with E-state index in [1.807, 2.05) is 0 Å². The molecule has 0 aliphatic carbocycles. The number of carbonyl (C=O) groups excluding carboxylic acids is 1. The van der Waals surface area contributed by atoms with Gasteiger partial charge >= 0.3 is 6.18 Å². The Kier molecular flexibility index (Phi) is 6.26. The van der Waals surface area contributed by atoms with Crippen LogP contribution in [0.2, 0.25) is 0 Å². The molecule has 4 nitrogen and oxygen atoms in total. The SMILES string of the molecule is CCC(CC)N(CC(F)(F)F)C(=O)C1COCC1NC. The first kappa shape index (κ1) is 17.2. The molecular formula is C13H23F3N2O2. The molecule has 0 radical (unpaired) electrons. The van der Waals surface area contributed by atoms with Crippen LogP contribution in [0.3, 0.4) is 0 Å². The van der Waals surface area contributed by atoms with Gasteiger partial charge in [0.15, 0.2) is 0 Å². The summed E-state index contributed by atoms with van der Waals surface area (Å²) in [6.07, 6.45) is -3.36. The lowest BCUT2D eigenvalue weighted by molar-refractivity contribution is -0.169. The molecule has 1 rings (SSSR count). The highest BCUT2D eigenvalue weighted by Crippen LogP contribution is 2.25. The summed E-state index contributed by atoms with van der Waals surface area (Å²) >= 11 is 0. The van der Waals surface area contributed by atoms with Crippen LogP contribution >= 0.6 is 0 Å². The Bertz CT molecular complexity index is 319. The zero-order chi connectivity index (χ0) is 15.3. The summed E-state index contributed by atoms with van der Waals surface area (Å²) in [4.78, 5) is 13.4. The van der Waals surface area contributed by atoms with Gasteiger partial charge in [-0.2, -0.15) is 13.2 Å². The van der Waals surface area contributed by atoms with Crippen molar-refractivity contribution in [2.24, 2.45) is 5.92 Å². The highest BCUT2D eigenvalue weighted by atomic mass is 19.4. The molecule has 20 heavy (non-hydrogen) atoms. The third-order valence-corrected chi connectivity index (χ3v) is 3.78. The predicted octanol–water partition coefficient (Wildman–Crippen LogP) is 1.80. The summed E-state index contributed by atoms with van der Waals surface area (Å²) in [5.41, 5.74) is 0. The van der Waals surface area contributed by atoms with Gasteiger partial charge in [0.1, 0.15) is 6.54 Å². The van der Waals surface area contributed by atoms with Crippen molar-refractivity contribution in [2.75, 3.05) is 26.8 Å². The van der Waals surface area contributed by atoms with Crippen molar-refractivity contribution in [3.8, 4) is 0 Å². The summed E-state index contributed by atoms with van der Waals surface area (Å²) in [6, 6.07) is -0.602. The number of rotatable bonds is 6. The first-order valence-corrected chi connectivity index (χ1v) is 6.96. The number of halogens is 3. The summed E-state index contributed by atoms with van der Waals surface area (Å²) in [5, 5.41) is 2.93. The highest BCUT2D eigenvalue weighted by molar-refractivity contribution is 5.80. The van der Waals surface area contributed by atoms with Crippen LogP contribution in [0.15, 0.2) is 0 Å². The van der Waals surface area contributed by atoms with E-state index in [1.165, 1.54) is 0 Å². The fourth-order valence-corrected chi connectivity index (χ4v) is 2.60. The highest BCUT2D eigenvalue weighted by Gasteiger charge is 2.41. The lowest BCUT2D eigenvalue weighted by Gasteiger charge is -2.34. The fourth-order valence-electron chi connectivity index (χ4n) is 2.60. The van der Waals surface area contributed by atoms with Crippen LogP contribution in [0.4, 0.5) is 13.2 Å². The molecule has 0 aromatic carbocycles. The first-order chi connectivity index (χ1) is 9.34. The number of ether oxygens (including phenoxy) is 1. The summed E-state index contributed by atoms with van der Waals surface area (Å²) in [7, 11) is 1.69. The monoisotopic (exact) mass is 296 g/mol. The van der Waals surface area contributed by atoms with Gasteiger partial charge in [-0.15, -0.1) is 0 Å². The molecule has 1 heterocycles. The van der Waals surface area contributed by atoms with Crippen LogP contribution in [0.5, 0.6) is 0 Å². The Morgan fingerprint density at radius 3 is 2.40 bits per heavy atom. The Morgan fingerprint density at radius 2 is 1.95 bits per heavy atom. The molecule has 1 aliphatic heterocycles. The van der Waals surface area contributed by atoms with Crippen LogP contribution in [-0.2, 0) is 9.53 Å². The molecule has 2 atom stereocenters. The van der Waals surface area contributed by atoms with Gasteiger partial charge < -0.3 is 15.0 Å². The number of nitrogens with zero attached hydrogens (tertiary/aromatic N) is 1. The van der Waals surface area contributed by atoms with E-state index in [0.717, 1.165) is 4.90 Å². The number of amides is 1. The van der Waals surface area contributed by atoms with Gasteiger partial charge in [-0.25, -0.2) is 0 Å². The second-order valence-electron chi connectivity index (χ2n) is 5.09. The lowest BCUT2D eigenvalue weighted by atomic mass is 9.99. The standard InChI is InChI=1S/C13H23F3N2O2/c1-4-9(5-2)18(8-13(14,15)16)12(19)10-6-20-7-11(10)17-3/h9-11,17H,4-8H2,1-3H3. The fraction of sp³-hybridized carbons (Fsp3) is 0.923. The smallest absolute Gasteiger partial charge is 0.379 e. The quantitative estimate of drug-likeness (QED) is 0.812. The second-order valence-corrected chi connectivity index (χ2v) is 5.09. The molecule has 118 valence electrons. The molecular weight excluding hydrogens is 273 g/mol. The molecule has 0 saturated carbocycles. The molecule has 1 aliphatic rings. The Morgan fingerprint density at radius 1 is 1.35 bits per heavy atom. The van der Waals surface area contributed by atoms with Crippen LogP contribution in [0.1, 0.15) is 26.7 Å². The van der Waals surface area contributed by atoms with Crippen molar-refractivity contribution in [2.45, 2.75) is 44.9 Å². The molecule has 0 bridgehead atoms. The van der Waals surface area contributed by atoms with Crippen LogP contribution in [0, 0.1) is 5.92 Å². The average Bonchev–Trinajstić information content (AvgIpc) is 2.85. The average molecular weight is 296 g/mol. The first-order valence-electron chi connectivity index (χ1n) is 6.96. The third kappa shape index (κ3) is 4.34. The van der Waals surface area contributed by atoms with Crippen LogP contribution < -0.4 is 5.32 Å². The van der Waals surface area contributed by atoms with E-state index in [2.05, 4.69) is 5.32 Å². The molecule has 1 fully saturated rings. The minimum atomic E-state index is -4.38. The van der Waals surface area contributed by atoms with E-state index >= 15 is 0 Å². The van der Waals surface area contributed by atoms with E-state index in [-0.39, 0.29) is 18.7 Å². The van der Waals surface area contributed by atoms with Gasteiger partial charge in [-0.3, -0.25) is 4.79 Å². The van der Waals surface area contributed by atoms with Crippen LogP contribution in [0.25, 0.3) is 0 Å². The number of carbonyl (C=O) groups is 1. The minimum Gasteiger partial charge on any atom is -0.379 e. The summed E-state index contributed by atoms with van der Waals surface area (Å²) in [5.74, 6) is -1.00. The van der Waals surface area contributed by atoms with E-state index in [9.17, 15) is 18.0 Å². The van der Waals surface area contributed by atoms with Crippen molar-refractivity contribution >= 4 is 5.91 Å². The molecule has 2 unspecified atom stereocenters. The zero-order valence-corrected chi connectivity index (χ0v) is 12.2. The maximum absolute atomic E-state index is 12.7. The molecule has 0 aromatic rings. The number of nitrogens with one attached hydrogen (secondary N) is 1. The maximum Gasteiger partial charge on any atom is 0.406 e. The Balaban J connectivity index is 2.88. The normalized spacial score (nSPS) is 23.4. The minimum absolute atomic E-state index is 0.179. The Hall–Kier alpha value is -0.820. The predicted molar refractivity (Wildman–Crippen MR) is 69.3 cm³/mol. The van der Waals surface area contributed by atoms with Crippen molar-refractivity contribution in [3.05, 3.63) is 0 Å². The largest absolute Gasteiger partial charge is 0.406 e. The van der Waals surface area contributed by atoms with E-state index in [1.54, 1.807) is 20.9 Å². The molecule has 0 spiro atoms. The van der Waals surface area contributed by atoms with Crippen molar-refractivity contribution in [3.63, 3.8) is 0 Å². The molecule has 0 aromatic heterocycles. The number of likely N-dealkylation sites (N-methyl/N-ethyl adjacent to an activating group) is 1. The summed E-state index contributed by atoms with van der Waals surface area (Å²) in [6.45, 7) is 2.94. The van der Waals surface area contributed by atoms with Gasteiger partial charge in [0, 0.05) is 12.1 Å². The van der Waals surface area contributed by atoms with Crippen molar-refractivity contribution in [1.29, 1.82) is 0 Å². The van der Waals surface area contributed by atoms with Crippen molar-refractivity contribution in [1.82, 2.24) is 10.2 Å². The maximum atomic E-state index is 12.7. The molecule has 7 heteroatoms. The topological polar surface area (TPSA) is 41.6 Å².